The number of H-pyrrole nitrogens is 1. The van der Waals surface area contributed by atoms with Gasteiger partial charge in [-0.3, -0.25) is 0 Å². The third-order valence-electron chi connectivity index (χ3n) is 5.70. The molecule has 1 aliphatic heterocycles. The minimum atomic E-state index is -5.38. The van der Waals surface area contributed by atoms with Gasteiger partial charge in [-0.1, -0.05) is 36.4 Å². The van der Waals surface area contributed by atoms with Crippen molar-refractivity contribution in [2.45, 2.75) is 36.8 Å². The zero-order valence-corrected chi connectivity index (χ0v) is 19.2. The summed E-state index contributed by atoms with van der Waals surface area (Å²) >= 11 is 0. The van der Waals surface area contributed by atoms with E-state index in [9.17, 15) is 26.4 Å². The molecule has 10 nitrogen and oxygen atoms in total. The highest BCUT2D eigenvalue weighted by molar-refractivity contribution is 7.89. The molecule has 3 N–H and O–H groups in total. The molecule has 2 heterocycles. The fraction of sp³-hybridized carbons (Fsp3) is 0.333. The van der Waals surface area contributed by atoms with E-state index in [-0.39, 0.29) is 17.0 Å². The highest BCUT2D eigenvalue weighted by atomic mass is 32.2. The van der Waals surface area contributed by atoms with Crippen LogP contribution in [0, 0.1) is 6.92 Å². The van der Waals surface area contributed by atoms with Crippen LogP contribution in [0.4, 0.5) is 13.2 Å². The van der Waals surface area contributed by atoms with Gasteiger partial charge in [-0.15, -0.1) is 10.2 Å². The number of rotatable bonds is 6. The number of piperidine rings is 1. The molecule has 0 amide bonds. The second kappa shape index (κ2) is 9.71. The Bertz CT molecular complexity index is 1310. The van der Waals surface area contributed by atoms with Crippen LogP contribution < -0.4 is 10.2 Å². The summed E-state index contributed by atoms with van der Waals surface area (Å²) in [7, 11) is -4.78. The smallest absolute Gasteiger partial charge is 0.348 e. The van der Waals surface area contributed by atoms with Crippen molar-refractivity contribution in [3.05, 3.63) is 47.5 Å². The van der Waals surface area contributed by atoms with Gasteiger partial charge in [-0.05, 0) is 71.1 Å². The Morgan fingerprint density at radius 3 is 2.40 bits per heavy atom. The van der Waals surface area contributed by atoms with E-state index in [4.69, 9.17) is 0 Å². The largest absolute Gasteiger partial charge is 0.492 e. The van der Waals surface area contributed by atoms with Crippen LogP contribution in [-0.4, -0.2) is 54.3 Å². The van der Waals surface area contributed by atoms with Crippen LogP contribution in [0.3, 0.4) is 0 Å². The lowest BCUT2D eigenvalue weighted by molar-refractivity contribution is -0.203. The fourth-order valence-corrected chi connectivity index (χ4v) is 5.28. The molecule has 0 aliphatic carbocycles. The molecule has 1 fully saturated rings. The number of benzene rings is 2. The van der Waals surface area contributed by atoms with E-state index in [0.717, 1.165) is 31.5 Å². The lowest BCUT2D eigenvalue weighted by atomic mass is 9.88. The molecule has 186 valence electrons. The molecule has 2 aromatic carbocycles. The van der Waals surface area contributed by atoms with Crippen LogP contribution in [0.5, 0.6) is 0 Å². The summed E-state index contributed by atoms with van der Waals surface area (Å²) < 4.78 is 63.5. The van der Waals surface area contributed by atoms with Crippen molar-refractivity contribution in [1.29, 1.82) is 0 Å². The highest BCUT2D eigenvalue weighted by Crippen LogP contribution is 2.38. The normalized spacial score (nSPS) is 15.2. The first-order valence-corrected chi connectivity index (χ1v) is 12.0. The molecule has 0 unspecified atom stereocenters. The van der Waals surface area contributed by atoms with Crippen molar-refractivity contribution >= 4 is 16.0 Å². The number of hydrogen-bond acceptors (Lipinski definition) is 8. The van der Waals surface area contributed by atoms with Crippen LogP contribution in [0.1, 0.15) is 29.9 Å². The van der Waals surface area contributed by atoms with Crippen LogP contribution in [0.25, 0.3) is 22.5 Å². The standard InChI is InChI=1S/C21H21F3N6O4S/c1-12-2-7-16(15-5-3-13(4-6-15)14-8-10-25-11-9-14)17(19-26-28-29-27-19)18(12)35(32,33)30-34-20(31)21(22,23)24/h2-7,14,25,30H,8-11H2,1H3,(H,26,27,28,29). The van der Waals surface area contributed by atoms with Gasteiger partial charge >= 0.3 is 12.1 Å². The summed E-state index contributed by atoms with van der Waals surface area (Å²) in [5.74, 6) is -2.40. The second-order valence-corrected chi connectivity index (χ2v) is 9.57. The molecule has 1 aromatic heterocycles. The van der Waals surface area contributed by atoms with E-state index in [1.54, 1.807) is 6.07 Å². The first kappa shape index (κ1) is 24.8. The molecule has 1 aliphatic rings. The lowest BCUT2D eigenvalue weighted by Gasteiger charge is -2.23. The van der Waals surface area contributed by atoms with Crippen molar-refractivity contribution < 1.29 is 31.2 Å². The van der Waals surface area contributed by atoms with Gasteiger partial charge in [0.05, 0.1) is 10.5 Å². The van der Waals surface area contributed by atoms with Gasteiger partial charge in [-0.25, -0.2) is 13.2 Å². The van der Waals surface area contributed by atoms with E-state index in [1.165, 1.54) is 17.9 Å². The molecule has 3 aromatic rings. The SMILES string of the molecule is Cc1ccc(-c2ccc(C3CCNCC3)cc2)c(-c2nn[nH]n2)c1S(=O)(=O)NOC(=O)C(F)(F)F. The van der Waals surface area contributed by atoms with Crippen molar-refractivity contribution in [3.8, 4) is 22.5 Å². The number of halogens is 3. The summed E-state index contributed by atoms with van der Waals surface area (Å²) in [6, 6.07) is 10.7. The summed E-state index contributed by atoms with van der Waals surface area (Å²) in [6.07, 6.45) is -3.38. The maximum absolute atomic E-state index is 13.0. The van der Waals surface area contributed by atoms with Gasteiger partial charge in [0.25, 0.3) is 10.0 Å². The van der Waals surface area contributed by atoms with Crippen molar-refractivity contribution in [3.63, 3.8) is 0 Å². The third kappa shape index (κ3) is 5.33. The first-order chi connectivity index (χ1) is 16.6. The minimum absolute atomic E-state index is 0.0103. The molecule has 0 saturated carbocycles. The number of nitrogens with zero attached hydrogens (tertiary/aromatic N) is 3. The Labute approximate surface area is 198 Å². The van der Waals surface area contributed by atoms with Crippen LogP contribution in [0.15, 0.2) is 41.3 Å². The number of carbonyl (C=O) groups is 1. The van der Waals surface area contributed by atoms with Crippen molar-refractivity contribution in [2.24, 2.45) is 0 Å². The molecule has 0 radical (unpaired) electrons. The minimum Gasteiger partial charge on any atom is -0.348 e. The fourth-order valence-electron chi connectivity index (χ4n) is 4.05. The molecule has 4 rings (SSSR count). The topological polar surface area (TPSA) is 139 Å². The molecule has 0 spiro atoms. The van der Waals surface area contributed by atoms with Crippen LogP contribution in [-0.2, 0) is 19.7 Å². The Morgan fingerprint density at radius 2 is 1.80 bits per heavy atom. The number of aryl methyl sites for hydroxylation is 1. The molecule has 0 bridgehead atoms. The Morgan fingerprint density at radius 1 is 1.11 bits per heavy atom. The molecular formula is C21H21F3N6O4S. The number of carbonyl (C=O) groups excluding carboxylic acids is 1. The first-order valence-electron chi connectivity index (χ1n) is 10.6. The second-order valence-electron chi connectivity index (χ2n) is 7.99. The predicted molar refractivity (Wildman–Crippen MR) is 117 cm³/mol. The Hall–Kier alpha value is -3.36. The summed E-state index contributed by atoms with van der Waals surface area (Å²) in [5.41, 5.74) is 2.33. The number of aromatic amines is 1. The summed E-state index contributed by atoms with van der Waals surface area (Å²) in [5, 5.41) is 16.8. The lowest BCUT2D eigenvalue weighted by Crippen LogP contribution is -2.35. The van der Waals surface area contributed by atoms with Gasteiger partial charge in [0.15, 0.2) is 0 Å². The number of sulfonamides is 1. The van der Waals surface area contributed by atoms with E-state index >= 15 is 0 Å². The summed E-state index contributed by atoms with van der Waals surface area (Å²) in [6.45, 7) is 3.30. The van der Waals surface area contributed by atoms with Gasteiger partial charge in [0, 0.05) is 0 Å². The maximum atomic E-state index is 13.0. The average Bonchev–Trinajstić information content (AvgIpc) is 3.37. The number of aromatic nitrogens is 4. The molecule has 35 heavy (non-hydrogen) atoms. The van der Waals surface area contributed by atoms with Gasteiger partial charge < -0.3 is 10.2 Å². The third-order valence-corrected chi connectivity index (χ3v) is 7.07. The predicted octanol–water partition coefficient (Wildman–Crippen LogP) is 2.61. The molecule has 14 heteroatoms. The van der Waals surface area contributed by atoms with Gasteiger partial charge in [0.1, 0.15) is 0 Å². The average molecular weight is 510 g/mol. The monoisotopic (exact) mass is 510 g/mol. The quantitative estimate of drug-likeness (QED) is 0.430. The number of hydrogen-bond donors (Lipinski definition) is 3. The maximum Gasteiger partial charge on any atom is 0.492 e. The zero-order valence-electron chi connectivity index (χ0n) is 18.4. The molecule has 0 atom stereocenters. The van der Waals surface area contributed by atoms with E-state index in [2.05, 4.69) is 30.8 Å². The molecule has 1 saturated heterocycles. The van der Waals surface area contributed by atoms with Crippen LogP contribution >= 0.6 is 0 Å². The summed E-state index contributed by atoms with van der Waals surface area (Å²) in [4.78, 5) is 15.7. The molecular weight excluding hydrogens is 489 g/mol. The number of alkyl halides is 3. The van der Waals surface area contributed by atoms with Crippen molar-refractivity contribution in [1.82, 2.24) is 30.8 Å². The van der Waals surface area contributed by atoms with Gasteiger partial charge in [-0.2, -0.15) is 18.4 Å². The van der Waals surface area contributed by atoms with Crippen LogP contribution in [0.2, 0.25) is 0 Å². The zero-order chi connectivity index (χ0) is 25.2. The van der Waals surface area contributed by atoms with Gasteiger partial charge in [0.2, 0.25) is 5.82 Å². The number of nitrogens with one attached hydrogen (secondary N) is 3. The van der Waals surface area contributed by atoms with E-state index in [1.807, 2.05) is 24.3 Å². The Kier molecular flexibility index (Phi) is 6.87. The Balaban J connectivity index is 1.77. The highest BCUT2D eigenvalue weighted by Gasteiger charge is 2.42. The number of tetrazole rings is 1. The van der Waals surface area contributed by atoms with E-state index < -0.39 is 27.1 Å². The van der Waals surface area contributed by atoms with Crippen molar-refractivity contribution in [2.75, 3.05) is 13.1 Å². The van der Waals surface area contributed by atoms with E-state index in [0.29, 0.717) is 17.0 Å².